The summed E-state index contributed by atoms with van der Waals surface area (Å²) in [6.07, 6.45) is 2.63. The molecule has 0 radical (unpaired) electrons. The minimum atomic E-state index is -2.88. The van der Waals surface area contributed by atoms with Gasteiger partial charge in [0.25, 0.3) is 0 Å². The summed E-state index contributed by atoms with van der Waals surface area (Å²) >= 11 is 0. The second-order valence-electron chi connectivity index (χ2n) is 3.64. The second-order valence-corrected chi connectivity index (χ2v) is 5.90. The summed E-state index contributed by atoms with van der Waals surface area (Å²) in [6, 6.07) is 0.169. The lowest BCUT2D eigenvalue weighted by Crippen LogP contribution is -2.37. The lowest BCUT2D eigenvalue weighted by atomic mass is 10.2. The van der Waals surface area contributed by atoms with Crippen LogP contribution in [-0.2, 0) is 14.6 Å². The molecule has 6 heteroatoms. The first kappa shape index (κ1) is 11.5. The Kier molecular flexibility index (Phi) is 3.88. The third-order valence-corrected chi connectivity index (χ3v) is 3.07. The van der Waals surface area contributed by atoms with E-state index in [1.807, 2.05) is 0 Å². The lowest BCUT2D eigenvalue weighted by molar-refractivity contribution is -0.119. The zero-order valence-corrected chi connectivity index (χ0v) is 9.06. The molecular weight excluding hydrogens is 204 g/mol. The molecule has 82 valence electrons. The van der Waals surface area contributed by atoms with Crippen LogP contribution in [0, 0.1) is 0 Å². The normalized spacial score (nSPS) is 22.4. The smallest absolute Gasteiger partial charge is 0.220 e. The topological polar surface area (TPSA) is 75.3 Å². The zero-order valence-electron chi connectivity index (χ0n) is 8.25. The van der Waals surface area contributed by atoms with Gasteiger partial charge in [-0.05, 0) is 6.42 Å². The predicted molar refractivity (Wildman–Crippen MR) is 53.7 cm³/mol. The van der Waals surface area contributed by atoms with Crippen LogP contribution in [-0.4, -0.2) is 45.5 Å². The fourth-order valence-electron chi connectivity index (χ4n) is 1.36. The molecule has 1 aliphatic heterocycles. The highest BCUT2D eigenvalue weighted by atomic mass is 32.2. The molecule has 0 aromatic carbocycles. The molecule has 0 aromatic rings. The van der Waals surface area contributed by atoms with Crippen molar-refractivity contribution in [2.75, 3.05) is 25.1 Å². The summed E-state index contributed by atoms with van der Waals surface area (Å²) in [6.45, 7) is 1.10. The van der Waals surface area contributed by atoms with Crippen LogP contribution in [0.5, 0.6) is 0 Å². The van der Waals surface area contributed by atoms with Crippen molar-refractivity contribution in [1.29, 1.82) is 0 Å². The largest absolute Gasteiger partial charge is 0.352 e. The average molecular weight is 220 g/mol. The molecule has 0 saturated carbocycles. The number of rotatable bonds is 5. The number of amides is 1. The summed E-state index contributed by atoms with van der Waals surface area (Å²) in [5.41, 5.74) is 0. The number of hydrogen-bond donors (Lipinski definition) is 2. The Hall–Kier alpha value is -0.620. The van der Waals surface area contributed by atoms with Crippen LogP contribution >= 0.6 is 0 Å². The lowest BCUT2D eigenvalue weighted by Gasteiger charge is -2.10. The average Bonchev–Trinajstić information content (AvgIpc) is 2.44. The Morgan fingerprint density at radius 3 is 2.79 bits per heavy atom. The first-order valence-electron chi connectivity index (χ1n) is 4.65. The number of carbonyl (C=O) groups excluding carboxylic acids is 1. The number of carbonyl (C=O) groups is 1. The maximum absolute atomic E-state index is 10.8. The molecule has 0 bridgehead atoms. The highest BCUT2D eigenvalue weighted by molar-refractivity contribution is 7.90. The highest BCUT2D eigenvalue weighted by Crippen LogP contribution is 2.04. The van der Waals surface area contributed by atoms with Crippen molar-refractivity contribution < 1.29 is 13.2 Å². The van der Waals surface area contributed by atoms with Crippen LogP contribution in [0.2, 0.25) is 0 Å². The minimum absolute atomic E-state index is 0.0833. The van der Waals surface area contributed by atoms with Gasteiger partial charge in [-0.2, -0.15) is 0 Å². The van der Waals surface area contributed by atoms with Crippen LogP contribution in [0.15, 0.2) is 0 Å². The van der Waals surface area contributed by atoms with Crippen molar-refractivity contribution >= 4 is 15.7 Å². The molecule has 1 amide bonds. The first-order valence-corrected chi connectivity index (χ1v) is 6.71. The Morgan fingerprint density at radius 2 is 2.29 bits per heavy atom. The van der Waals surface area contributed by atoms with Gasteiger partial charge in [-0.25, -0.2) is 8.42 Å². The molecule has 1 atom stereocenters. The van der Waals surface area contributed by atoms with Crippen LogP contribution in [0.25, 0.3) is 0 Å². The monoisotopic (exact) mass is 220 g/mol. The quantitative estimate of drug-likeness (QED) is 0.577. The summed E-state index contributed by atoms with van der Waals surface area (Å²) in [7, 11) is -2.88. The van der Waals surface area contributed by atoms with E-state index in [4.69, 9.17) is 0 Å². The van der Waals surface area contributed by atoms with Gasteiger partial charge in [0.2, 0.25) is 5.91 Å². The maximum Gasteiger partial charge on any atom is 0.220 e. The van der Waals surface area contributed by atoms with E-state index in [-0.39, 0.29) is 17.7 Å². The molecule has 1 fully saturated rings. The molecule has 1 saturated heterocycles. The van der Waals surface area contributed by atoms with Crippen molar-refractivity contribution in [3.05, 3.63) is 0 Å². The van der Waals surface area contributed by atoms with E-state index in [9.17, 15) is 13.2 Å². The van der Waals surface area contributed by atoms with E-state index in [1.54, 1.807) is 0 Å². The molecule has 0 aromatic heterocycles. The Bertz CT molecular complexity index is 300. The van der Waals surface area contributed by atoms with Crippen molar-refractivity contribution in [3.8, 4) is 0 Å². The summed E-state index contributed by atoms with van der Waals surface area (Å²) in [4.78, 5) is 10.8. The Balaban J connectivity index is 2.07. The number of hydrogen-bond acceptors (Lipinski definition) is 4. The van der Waals surface area contributed by atoms with Gasteiger partial charge in [-0.15, -0.1) is 0 Å². The molecule has 0 aliphatic carbocycles. The van der Waals surface area contributed by atoms with Crippen LogP contribution in [0.4, 0.5) is 0 Å². The molecule has 1 heterocycles. The summed E-state index contributed by atoms with van der Waals surface area (Å²) in [5, 5.41) is 5.81. The van der Waals surface area contributed by atoms with Gasteiger partial charge in [-0.3, -0.25) is 4.79 Å². The van der Waals surface area contributed by atoms with Gasteiger partial charge in [0, 0.05) is 31.8 Å². The molecule has 5 nitrogen and oxygen atoms in total. The highest BCUT2D eigenvalue weighted by Gasteiger charge is 2.19. The third kappa shape index (κ3) is 4.57. The van der Waals surface area contributed by atoms with Gasteiger partial charge in [0.15, 0.2) is 0 Å². The fraction of sp³-hybridized carbons (Fsp3) is 0.875. The maximum atomic E-state index is 10.8. The standard InChI is InChI=1S/C8H16N2O3S/c1-14(12,13)5-4-9-6-7-2-3-8(11)10-7/h7,9H,2-6H2,1H3,(H,10,11). The minimum Gasteiger partial charge on any atom is -0.352 e. The van der Waals surface area contributed by atoms with E-state index in [2.05, 4.69) is 10.6 Å². The van der Waals surface area contributed by atoms with Gasteiger partial charge in [-0.1, -0.05) is 0 Å². The van der Waals surface area contributed by atoms with E-state index in [0.717, 1.165) is 6.42 Å². The van der Waals surface area contributed by atoms with Gasteiger partial charge in [0.05, 0.1) is 5.75 Å². The van der Waals surface area contributed by atoms with Crippen LogP contribution < -0.4 is 10.6 Å². The second kappa shape index (κ2) is 4.75. The van der Waals surface area contributed by atoms with E-state index in [0.29, 0.717) is 19.5 Å². The van der Waals surface area contributed by atoms with Gasteiger partial charge in [0.1, 0.15) is 9.84 Å². The molecule has 1 aliphatic rings. The zero-order chi connectivity index (χ0) is 10.6. The first-order chi connectivity index (χ1) is 6.47. The SMILES string of the molecule is CS(=O)(=O)CCNCC1CCC(=O)N1. The van der Waals surface area contributed by atoms with Crippen LogP contribution in [0.1, 0.15) is 12.8 Å². The summed E-state index contributed by atoms with van der Waals surface area (Å²) in [5.74, 6) is 0.230. The fourth-order valence-corrected chi connectivity index (χ4v) is 1.88. The van der Waals surface area contributed by atoms with Crippen LogP contribution in [0.3, 0.4) is 0 Å². The molecule has 0 spiro atoms. The summed E-state index contributed by atoms with van der Waals surface area (Å²) < 4.78 is 21.5. The van der Waals surface area contributed by atoms with Crippen molar-refractivity contribution in [2.24, 2.45) is 0 Å². The van der Waals surface area contributed by atoms with E-state index >= 15 is 0 Å². The van der Waals surface area contributed by atoms with Crippen molar-refractivity contribution in [2.45, 2.75) is 18.9 Å². The molecular formula is C8H16N2O3S. The number of nitrogens with one attached hydrogen (secondary N) is 2. The van der Waals surface area contributed by atoms with Crippen molar-refractivity contribution in [3.63, 3.8) is 0 Å². The number of sulfone groups is 1. The molecule has 14 heavy (non-hydrogen) atoms. The molecule has 1 rings (SSSR count). The molecule has 2 N–H and O–H groups in total. The predicted octanol–water partition coefficient (Wildman–Crippen LogP) is -1.10. The third-order valence-electron chi connectivity index (χ3n) is 2.13. The van der Waals surface area contributed by atoms with E-state index < -0.39 is 9.84 Å². The van der Waals surface area contributed by atoms with Gasteiger partial charge < -0.3 is 10.6 Å². The Labute approximate surface area is 84.2 Å². The van der Waals surface area contributed by atoms with E-state index in [1.165, 1.54) is 6.26 Å². The van der Waals surface area contributed by atoms with Gasteiger partial charge >= 0.3 is 0 Å². The van der Waals surface area contributed by atoms with Crippen molar-refractivity contribution in [1.82, 2.24) is 10.6 Å². The Morgan fingerprint density at radius 1 is 1.57 bits per heavy atom. The molecule has 1 unspecified atom stereocenters.